The van der Waals surface area contributed by atoms with Crippen molar-refractivity contribution in [1.29, 1.82) is 0 Å². The quantitative estimate of drug-likeness (QED) is 0.748. The lowest BCUT2D eigenvalue weighted by Crippen LogP contribution is -2.56. The highest BCUT2D eigenvalue weighted by Crippen LogP contribution is 2.62. The number of hydrogen-bond donors (Lipinski definition) is 2. The Hall–Kier alpha value is -1.40. The summed E-state index contributed by atoms with van der Waals surface area (Å²) in [5.41, 5.74) is 0.125. The highest BCUT2D eigenvalue weighted by molar-refractivity contribution is 7.90. The largest absolute Gasteiger partial charge is 0.390 e. The molecule has 4 saturated carbocycles. The first-order valence-electron chi connectivity index (χ1n) is 9.98. The average Bonchev–Trinajstić information content (AvgIpc) is 2.52. The van der Waals surface area contributed by atoms with Gasteiger partial charge in [-0.3, -0.25) is 4.79 Å². The molecular formula is C21H29NO4S. The molecule has 2 atom stereocenters. The summed E-state index contributed by atoms with van der Waals surface area (Å²) in [5, 5.41) is 13.6. The normalized spacial score (nSPS) is 34.6. The molecule has 1 aromatic rings. The summed E-state index contributed by atoms with van der Waals surface area (Å²) in [6.45, 7) is 0.154. The molecular weight excluding hydrogens is 362 g/mol. The zero-order valence-electron chi connectivity index (χ0n) is 15.7. The van der Waals surface area contributed by atoms with Crippen molar-refractivity contribution in [1.82, 2.24) is 5.32 Å². The Morgan fingerprint density at radius 3 is 2.41 bits per heavy atom. The van der Waals surface area contributed by atoms with Crippen molar-refractivity contribution in [2.24, 2.45) is 17.3 Å². The Labute approximate surface area is 161 Å². The van der Waals surface area contributed by atoms with Crippen molar-refractivity contribution in [2.75, 3.05) is 12.3 Å². The molecule has 148 valence electrons. The summed E-state index contributed by atoms with van der Waals surface area (Å²) in [4.78, 5) is 12.5. The molecule has 1 aromatic carbocycles. The number of carbonyl (C=O) groups excluding carboxylic acids is 1. The fraction of sp³-hybridized carbons (Fsp3) is 0.667. The van der Waals surface area contributed by atoms with Crippen LogP contribution in [0.1, 0.15) is 50.5 Å². The van der Waals surface area contributed by atoms with Gasteiger partial charge in [0.25, 0.3) is 0 Å². The van der Waals surface area contributed by atoms with Gasteiger partial charge < -0.3 is 10.4 Å². The zero-order chi connectivity index (χ0) is 19.1. The minimum absolute atomic E-state index is 0.00401. The Morgan fingerprint density at radius 2 is 1.78 bits per heavy atom. The van der Waals surface area contributed by atoms with E-state index in [9.17, 15) is 18.3 Å². The van der Waals surface area contributed by atoms with Gasteiger partial charge in [0.05, 0.1) is 17.1 Å². The molecule has 6 heteroatoms. The second-order valence-electron chi connectivity index (χ2n) is 9.29. The number of rotatable bonds is 7. The third-order valence-electron chi connectivity index (χ3n) is 6.65. The summed E-state index contributed by atoms with van der Waals surface area (Å²) in [6.07, 6.45) is 6.20. The molecule has 4 aliphatic carbocycles. The van der Waals surface area contributed by atoms with Crippen LogP contribution >= 0.6 is 0 Å². The third-order valence-corrected chi connectivity index (χ3v) is 8.25. The first kappa shape index (κ1) is 18.9. The van der Waals surface area contributed by atoms with Crippen molar-refractivity contribution >= 4 is 15.7 Å². The van der Waals surface area contributed by atoms with Crippen molar-refractivity contribution < 1.29 is 18.3 Å². The predicted octanol–water partition coefficient (Wildman–Crippen LogP) is 2.44. The molecule has 27 heavy (non-hydrogen) atoms. The second-order valence-corrected chi connectivity index (χ2v) is 11.5. The van der Waals surface area contributed by atoms with Gasteiger partial charge in [-0.15, -0.1) is 0 Å². The summed E-state index contributed by atoms with van der Waals surface area (Å²) < 4.78 is 24.5. The van der Waals surface area contributed by atoms with Gasteiger partial charge in [-0.25, -0.2) is 8.42 Å². The summed E-state index contributed by atoms with van der Waals surface area (Å²) in [5.74, 6) is 0.987. The van der Waals surface area contributed by atoms with Crippen LogP contribution in [-0.2, 0) is 20.4 Å². The van der Waals surface area contributed by atoms with E-state index in [1.165, 1.54) is 6.42 Å². The first-order chi connectivity index (χ1) is 12.8. The molecule has 2 N–H and O–H groups in total. The number of hydrogen-bond acceptors (Lipinski definition) is 4. The minimum atomic E-state index is -3.25. The highest BCUT2D eigenvalue weighted by atomic mass is 32.2. The number of benzene rings is 1. The Bertz CT molecular complexity index is 791. The molecule has 0 saturated heterocycles. The van der Waals surface area contributed by atoms with Crippen LogP contribution in [0, 0.1) is 17.3 Å². The van der Waals surface area contributed by atoms with Crippen LogP contribution in [0.3, 0.4) is 0 Å². The van der Waals surface area contributed by atoms with Crippen LogP contribution in [0.15, 0.2) is 30.3 Å². The maximum atomic E-state index is 12.5. The van der Waals surface area contributed by atoms with Crippen molar-refractivity contribution in [2.45, 2.75) is 56.3 Å². The van der Waals surface area contributed by atoms with Gasteiger partial charge in [-0.05, 0) is 61.3 Å². The van der Waals surface area contributed by atoms with E-state index in [0.717, 1.165) is 37.7 Å². The molecule has 0 aliphatic heterocycles. The Kier molecular flexibility index (Phi) is 4.83. The maximum Gasteiger partial charge on any atom is 0.220 e. The van der Waals surface area contributed by atoms with E-state index in [0.29, 0.717) is 18.3 Å². The van der Waals surface area contributed by atoms with E-state index in [1.54, 1.807) is 12.1 Å². The smallest absolute Gasteiger partial charge is 0.220 e. The molecule has 4 fully saturated rings. The molecule has 1 amide bonds. The van der Waals surface area contributed by atoms with E-state index >= 15 is 0 Å². The molecule has 5 rings (SSSR count). The van der Waals surface area contributed by atoms with Crippen LogP contribution in [0.4, 0.5) is 0 Å². The number of sulfone groups is 1. The van der Waals surface area contributed by atoms with Crippen molar-refractivity contribution in [3.8, 4) is 0 Å². The van der Waals surface area contributed by atoms with Crippen LogP contribution in [0.2, 0.25) is 0 Å². The van der Waals surface area contributed by atoms with Gasteiger partial charge in [-0.1, -0.05) is 30.3 Å². The van der Waals surface area contributed by atoms with E-state index in [1.807, 2.05) is 18.2 Å². The molecule has 4 bridgehead atoms. The average molecular weight is 392 g/mol. The van der Waals surface area contributed by atoms with Gasteiger partial charge >= 0.3 is 0 Å². The second kappa shape index (κ2) is 6.89. The standard InChI is InChI=1S/C21H29NO4S/c23-19(22-6-7-27(25,26)14-16-4-2-1-3-5-16)13-20-9-17-8-18(10-20)12-21(24,11-17)15-20/h1-5,17-18,24H,6-15H2,(H,22,23)/t17-,18-,20?,21?/m1/s1. The summed E-state index contributed by atoms with van der Waals surface area (Å²) in [6, 6.07) is 9.11. The van der Waals surface area contributed by atoms with Gasteiger partial charge in [-0.2, -0.15) is 0 Å². The molecule has 0 heterocycles. The fourth-order valence-electron chi connectivity index (χ4n) is 6.26. The highest BCUT2D eigenvalue weighted by Gasteiger charge is 2.57. The summed E-state index contributed by atoms with van der Waals surface area (Å²) >= 11 is 0. The maximum absolute atomic E-state index is 12.5. The van der Waals surface area contributed by atoms with Crippen molar-refractivity contribution in [3.05, 3.63) is 35.9 Å². The van der Waals surface area contributed by atoms with E-state index in [-0.39, 0.29) is 29.4 Å². The molecule has 5 nitrogen and oxygen atoms in total. The molecule has 4 aliphatic rings. The van der Waals surface area contributed by atoms with Crippen molar-refractivity contribution in [3.63, 3.8) is 0 Å². The lowest BCUT2D eigenvalue weighted by Gasteiger charge is -2.60. The zero-order valence-corrected chi connectivity index (χ0v) is 16.5. The number of amides is 1. The van der Waals surface area contributed by atoms with Crippen LogP contribution in [0.25, 0.3) is 0 Å². The monoisotopic (exact) mass is 391 g/mol. The minimum Gasteiger partial charge on any atom is -0.390 e. The molecule has 0 unspecified atom stereocenters. The number of carbonyl (C=O) groups is 1. The van der Waals surface area contributed by atoms with Gasteiger partial charge in [0, 0.05) is 13.0 Å². The van der Waals surface area contributed by atoms with Gasteiger partial charge in [0.1, 0.15) is 0 Å². The topological polar surface area (TPSA) is 83.5 Å². The number of nitrogens with one attached hydrogen (secondary N) is 1. The SMILES string of the molecule is O=C(CC12C[C@H]3C[C@@H](CC(O)(C3)C1)C2)NCCS(=O)(=O)Cc1ccccc1. The van der Waals surface area contributed by atoms with E-state index in [4.69, 9.17) is 0 Å². The third kappa shape index (κ3) is 4.37. The lowest BCUT2D eigenvalue weighted by atomic mass is 9.47. The van der Waals surface area contributed by atoms with Crippen LogP contribution in [-0.4, -0.2) is 37.3 Å². The van der Waals surface area contributed by atoms with Crippen LogP contribution < -0.4 is 5.32 Å². The number of aliphatic hydroxyl groups is 1. The molecule has 0 spiro atoms. The fourth-order valence-corrected chi connectivity index (χ4v) is 7.52. The Balaban J connectivity index is 1.28. The Morgan fingerprint density at radius 1 is 1.11 bits per heavy atom. The first-order valence-corrected chi connectivity index (χ1v) is 11.8. The van der Waals surface area contributed by atoms with E-state index < -0.39 is 15.4 Å². The molecule has 0 radical (unpaired) electrons. The summed E-state index contributed by atoms with van der Waals surface area (Å²) in [7, 11) is -3.25. The van der Waals surface area contributed by atoms with Gasteiger partial charge in [0.2, 0.25) is 5.91 Å². The molecule has 0 aromatic heterocycles. The van der Waals surface area contributed by atoms with Gasteiger partial charge in [0.15, 0.2) is 9.84 Å². The predicted molar refractivity (Wildman–Crippen MR) is 104 cm³/mol. The van der Waals surface area contributed by atoms with E-state index in [2.05, 4.69) is 5.32 Å². The van der Waals surface area contributed by atoms with Crippen LogP contribution in [0.5, 0.6) is 0 Å². The lowest BCUT2D eigenvalue weighted by molar-refractivity contribution is -0.169.